The van der Waals surface area contributed by atoms with Crippen molar-refractivity contribution in [3.63, 3.8) is 0 Å². The zero-order valence-electron chi connectivity index (χ0n) is 17.6. The molecule has 0 spiro atoms. The first-order chi connectivity index (χ1) is 14.5. The third-order valence-electron chi connectivity index (χ3n) is 6.24. The number of carbonyl (C=O) groups excluding carboxylic acids is 2. The molecule has 30 heavy (non-hydrogen) atoms. The van der Waals surface area contributed by atoms with E-state index in [-0.39, 0.29) is 24.1 Å². The number of hydrogen-bond donors (Lipinski definition) is 2. The molecule has 3 heterocycles. The van der Waals surface area contributed by atoms with Crippen LogP contribution in [0.25, 0.3) is 11.0 Å². The predicted octanol–water partition coefficient (Wildman–Crippen LogP) is 1.41. The van der Waals surface area contributed by atoms with Crippen LogP contribution in [0.2, 0.25) is 0 Å². The van der Waals surface area contributed by atoms with Gasteiger partial charge in [0.2, 0.25) is 11.8 Å². The number of ether oxygens (including phenoxy) is 1. The lowest BCUT2D eigenvalue weighted by atomic mass is 10.0. The fraction of sp³-hybridized carbons (Fsp3) is 0.591. The van der Waals surface area contributed by atoms with Gasteiger partial charge in [0.05, 0.1) is 23.2 Å². The van der Waals surface area contributed by atoms with E-state index in [1.165, 1.54) is 4.57 Å². The number of carbonyl (C=O) groups is 2. The number of imide groups is 1. The summed E-state index contributed by atoms with van der Waals surface area (Å²) in [5, 5.41) is 5.71. The van der Waals surface area contributed by atoms with Crippen LogP contribution in [0.1, 0.15) is 50.6 Å². The van der Waals surface area contributed by atoms with Crippen molar-refractivity contribution < 1.29 is 14.3 Å². The smallest absolute Gasteiger partial charge is 0.329 e. The summed E-state index contributed by atoms with van der Waals surface area (Å²) in [6, 6.07) is 5.18. The van der Waals surface area contributed by atoms with Crippen molar-refractivity contribution in [1.29, 1.82) is 0 Å². The van der Waals surface area contributed by atoms with E-state index in [0.717, 1.165) is 55.4 Å². The Morgan fingerprint density at radius 2 is 1.93 bits per heavy atom. The molecule has 8 heteroatoms. The first kappa shape index (κ1) is 20.8. The Bertz CT molecular complexity index is 1000. The van der Waals surface area contributed by atoms with Crippen LogP contribution < -0.4 is 16.3 Å². The number of imidazole rings is 1. The lowest BCUT2D eigenvalue weighted by Crippen LogP contribution is -2.44. The molecule has 0 aliphatic carbocycles. The Kier molecular flexibility index (Phi) is 6.06. The van der Waals surface area contributed by atoms with Crippen LogP contribution in [0.4, 0.5) is 0 Å². The molecule has 2 aromatic rings. The Morgan fingerprint density at radius 3 is 2.67 bits per heavy atom. The fourth-order valence-electron chi connectivity index (χ4n) is 4.64. The number of para-hydroxylation sites is 1. The number of fused-ring (bicyclic) bond motifs is 1. The van der Waals surface area contributed by atoms with E-state index < -0.39 is 11.9 Å². The zero-order valence-corrected chi connectivity index (χ0v) is 17.6. The van der Waals surface area contributed by atoms with E-state index in [2.05, 4.69) is 17.6 Å². The van der Waals surface area contributed by atoms with Gasteiger partial charge in [0.15, 0.2) is 0 Å². The molecule has 162 valence electrons. The molecule has 2 amide bonds. The summed E-state index contributed by atoms with van der Waals surface area (Å²) in [4.78, 5) is 36.9. The van der Waals surface area contributed by atoms with Gasteiger partial charge in [0, 0.05) is 13.5 Å². The number of amides is 2. The largest absolute Gasteiger partial charge is 0.375 e. The Labute approximate surface area is 175 Å². The summed E-state index contributed by atoms with van der Waals surface area (Å²) in [6.07, 6.45) is 4.77. The average molecular weight is 415 g/mol. The third-order valence-corrected chi connectivity index (χ3v) is 6.24. The number of aryl methyl sites for hydroxylation is 2. The van der Waals surface area contributed by atoms with Gasteiger partial charge in [-0.25, -0.2) is 4.79 Å². The Balaban J connectivity index is 1.56. The van der Waals surface area contributed by atoms with Crippen LogP contribution >= 0.6 is 0 Å². The van der Waals surface area contributed by atoms with Gasteiger partial charge in [0.25, 0.3) is 0 Å². The van der Waals surface area contributed by atoms with Crippen LogP contribution in [-0.2, 0) is 27.8 Å². The fourth-order valence-corrected chi connectivity index (χ4v) is 4.64. The second-order valence-electron chi connectivity index (χ2n) is 8.40. The summed E-state index contributed by atoms with van der Waals surface area (Å²) in [7, 11) is 1.74. The second-order valence-corrected chi connectivity index (χ2v) is 8.40. The van der Waals surface area contributed by atoms with Crippen LogP contribution in [0.5, 0.6) is 0 Å². The zero-order chi connectivity index (χ0) is 21.3. The molecule has 4 rings (SSSR count). The molecule has 2 fully saturated rings. The molecule has 0 bridgehead atoms. The van der Waals surface area contributed by atoms with Gasteiger partial charge in [-0.05, 0) is 63.7 Å². The van der Waals surface area contributed by atoms with Crippen molar-refractivity contribution in [2.45, 2.75) is 63.7 Å². The number of piperidine rings is 2. The monoisotopic (exact) mass is 414 g/mol. The Morgan fingerprint density at radius 1 is 1.17 bits per heavy atom. The number of benzene rings is 1. The lowest BCUT2D eigenvalue weighted by molar-refractivity contribution is -0.135. The molecular formula is C22H30N4O4. The highest BCUT2D eigenvalue weighted by atomic mass is 16.5. The number of nitrogens with zero attached hydrogens (tertiary/aromatic N) is 2. The van der Waals surface area contributed by atoms with Gasteiger partial charge in [0.1, 0.15) is 6.04 Å². The highest BCUT2D eigenvalue weighted by molar-refractivity contribution is 6.00. The number of hydrogen-bond acceptors (Lipinski definition) is 5. The van der Waals surface area contributed by atoms with Crippen molar-refractivity contribution in [2.24, 2.45) is 7.05 Å². The first-order valence-corrected chi connectivity index (χ1v) is 10.8. The van der Waals surface area contributed by atoms with E-state index in [9.17, 15) is 14.4 Å². The van der Waals surface area contributed by atoms with E-state index in [1.807, 2.05) is 18.2 Å². The van der Waals surface area contributed by atoms with Crippen molar-refractivity contribution in [3.8, 4) is 0 Å². The van der Waals surface area contributed by atoms with Gasteiger partial charge in [-0.2, -0.15) is 0 Å². The minimum Gasteiger partial charge on any atom is -0.375 e. The number of nitrogens with one attached hydrogen (secondary N) is 2. The molecule has 1 aromatic heterocycles. The van der Waals surface area contributed by atoms with Gasteiger partial charge < -0.3 is 10.1 Å². The molecule has 2 aliphatic heterocycles. The van der Waals surface area contributed by atoms with Crippen LogP contribution in [0.15, 0.2) is 23.0 Å². The summed E-state index contributed by atoms with van der Waals surface area (Å²) < 4.78 is 9.36. The highest BCUT2D eigenvalue weighted by Gasteiger charge is 2.31. The molecule has 1 unspecified atom stereocenters. The van der Waals surface area contributed by atoms with E-state index in [0.29, 0.717) is 12.5 Å². The molecule has 2 saturated heterocycles. The van der Waals surface area contributed by atoms with E-state index in [4.69, 9.17) is 4.74 Å². The minimum absolute atomic E-state index is 0.137. The Hall–Kier alpha value is -2.45. The summed E-state index contributed by atoms with van der Waals surface area (Å²) in [5.41, 5.74) is 2.42. The maximum absolute atomic E-state index is 13.0. The summed E-state index contributed by atoms with van der Waals surface area (Å²) in [5.74, 6) is -0.691. The van der Waals surface area contributed by atoms with Gasteiger partial charge in [-0.15, -0.1) is 0 Å². The molecule has 2 atom stereocenters. The lowest BCUT2D eigenvalue weighted by Gasteiger charge is -2.26. The molecule has 1 aromatic carbocycles. The standard InChI is InChI=1S/C22H30N4O4/c1-14(30-16-10-12-23-13-11-16)6-7-15-4-3-5-17-20(15)25(2)22(29)26(17)18-8-9-19(27)24-21(18)28/h3-5,14,16,18,23H,6-13H2,1-2H3,(H,24,27,28)/t14-,18?/m1/s1. The van der Waals surface area contributed by atoms with Crippen molar-refractivity contribution in [1.82, 2.24) is 19.8 Å². The van der Waals surface area contributed by atoms with E-state index in [1.54, 1.807) is 11.6 Å². The van der Waals surface area contributed by atoms with Crippen LogP contribution in [-0.4, -0.2) is 46.2 Å². The van der Waals surface area contributed by atoms with Gasteiger partial charge in [-0.1, -0.05) is 12.1 Å². The van der Waals surface area contributed by atoms with Crippen molar-refractivity contribution in [2.75, 3.05) is 13.1 Å². The van der Waals surface area contributed by atoms with Gasteiger partial charge >= 0.3 is 5.69 Å². The average Bonchev–Trinajstić information content (AvgIpc) is 2.98. The molecule has 2 N–H and O–H groups in total. The second kappa shape index (κ2) is 8.73. The SMILES string of the molecule is C[C@H](CCc1cccc2c1n(C)c(=O)n2C1CCC(=O)NC1=O)OC1CCNCC1. The maximum atomic E-state index is 13.0. The molecule has 2 aliphatic rings. The van der Waals surface area contributed by atoms with Crippen LogP contribution in [0, 0.1) is 0 Å². The summed E-state index contributed by atoms with van der Waals surface area (Å²) in [6.45, 7) is 4.12. The van der Waals surface area contributed by atoms with Crippen LogP contribution in [0.3, 0.4) is 0 Å². The maximum Gasteiger partial charge on any atom is 0.329 e. The first-order valence-electron chi connectivity index (χ1n) is 10.8. The van der Waals surface area contributed by atoms with E-state index >= 15 is 0 Å². The number of aromatic nitrogens is 2. The molecule has 8 nitrogen and oxygen atoms in total. The third kappa shape index (κ3) is 4.06. The quantitative estimate of drug-likeness (QED) is 0.697. The highest BCUT2D eigenvalue weighted by Crippen LogP contribution is 2.26. The topological polar surface area (TPSA) is 94.4 Å². The predicted molar refractivity (Wildman–Crippen MR) is 113 cm³/mol. The molecule has 0 saturated carbocycles. The van der Waals surface area contributed by atoms with Gasteiger partial charge in [-0.3, -0.25) is 24.0 Å². The molecular weight excluding hydrogens is 384 g/mol. The summed E-state index contributed by atoms with van der Waals surface area (Å²) >= 11 is 0. The normalized spacial score (nSPS) is 21.7. The molecule has 0 radical (unpaired) electrons. The van der Waals surface area contributed by atoms with Crippen molar-refractivity contribution in [3.05, 3.63) is 34.2 Å². The van der Waals surface area contributed by atoms with Crippen molar-refractivity contribution >= 4 is 22.8 Å². The number of rotatable bonds is 6. The minimum atomic E-state index is -0.656.